The highest BCUT2D eigenvalue weighted by molar-refractivity contribution is 7.12. The maximum absolute atomic E-state index is 4.59. The fourth-order valence-electron chi connectivity index (χ4n) is 2.25. The quantitative estimate of drug-likeness (QED) is 0.805. The number of pyridine rings is 1. The number of hydrogen-bond acceptors (Lipinski definition) is 4. The van der Waals surface area contributed by atoms with Crippen LogP contribution in [0, 0.1) is 13.8 Å². The largest absolute Gasteiger partial charge is 0.370 e. The maximum Gasteiger partial charge on any atom is 0.128 e. The van der Waals surface area contributed by atoms with Crippen molar-refractivity contribution in [2.24, 2.45) is 0 Å². The van der Waals surface area contributed by atoms with Crippen molar-refractivity contribution in [1.82, 2.24) is 4.98 Å². The van der Waals surface area contributed by atoms with E-state index in [-0.39, 0.29) is 6.04 Å². The first-order valence-electron chi connectivity index (χ1n) is 7.14. The van der Waals surface area contributed by atoms with Crippen LogP contribution in [-0.2, 0) is 0 Å². The fourth-order valence-corrected chi connectivity index (χ4v) is 3.27. The van der Waals surface area contributed by atoms with Gasteiger partial charge in [0.1, 0.15) is 11.6 Å². The summed E-state index contributed by atoms with van der Waals surface area (Å²) < 4.78 is 0. The van der Waals surface area contributed by atoms with Crippen molar-refractivity contribution in [3.05, 3.63) is 39.6 Å². The summed E-state index contributed by atoms with van der Waals surface area (Å²) in [6.45, 7) is 9.62. The normalized spacial score (nSPS) is 12.2. The van der Waals surface area contributed by atoms with E-state index in [2.05, 4.69) is 49.4 Å². The minimum atomic E-state index is 0.272. The highest BCUT2D eigenvalue weighted by atomic mass is 32.1. The van der Waals surface area contributed by atoms with E-state index in [0.29, 0.717) is 0 Å². The van der Waals surface area contributed by atoms with Gasteiger partial charge >= 0.3 is 0 Å². The van der Waals surface area contributed by atoms with Crippen molar-refractivity contribution < 1.29 is 0 Å². The van der Waals surface area contributed by atoms with Gasteiger partial charge in [0, 0.05) is 16.3 Å². The molecule has 0 aliphatic heterocycles. The Balaban J connectivity index is 2.07. The molecular weight excluding hydrogens is 266 g/mol. The summed E-state index contributed by atoms with van der Waals surface area (Å²) >= 11 is 1.85. The molecule has 0 fully saturated rings. The van der Waals surface area contributed by atoms with Gasteiger partial charge in [-0.1, -0.05) is 13.0 Å². The molecule has 2 heterocycles. The Morgan fingerprint density at radius 3 is 2.65 bits per heavy atom. The Labute approximate surface area is 125 Å². The molecule has 0 aliphatic carbocycles. The first kappa shape index (κ1) is 14.9. The molecule has 20 heavy (non-hydrogen) atoms. The number of aryl methyl sites for hydroxylation is 2. The van der Waals surface area contributed by atoms with Crippen LogP contribution in [0.5, 0.6) is 0 Å². The Kier molecular flexibility index (Phi) is 5.01. The second-order valence-electron chi connectivity index (χ2n) is 5.07. The number of rotatable bonds is 6. The van der Waals surface area contributed by atoms with Crippen molar-refractivity contribution in [3.63, 3.8) is 0 Å². The van der Waals surface area contributed by atoms with Gasteiger partial charge in [-0.05, 0) is 51.0 Å². The van der Waals surface area contributed by atoms with Crippen LogP contribution in [-0.4, -0.2) is 11.5 Å². The molecule has 1 atom stereocenters. The standard InChI is InChI=1S/C16H23N3S/c1-5-9-17-15-7-6-8-16(19-15)18-12(3)14-10-11(2)20-13(14)4/h6-8,10,12H,5,9H2,1-4H3,(H2,17,18,19). The zero-order valence-corrected chi connectivity index (χ0v) is 13.5. The molecule has 2 rings (SSSR count). The van der Waals surface area contributed by atoms with Gasteiger partial charge in [-0.2, -0.15) is 0 Å². The SMILES string of the molecule is CCCNc1cccc(NC(C)c2cc(C)sc2C)n1. The Hall–Kier alpha value is -1.55. The predicted molar refractivity (Wildman–Crippen MR) is 88.8 cm³/mol. The monoisotopic (exact) mass is 289 g/mol. The molecule has 0 bridgehead atoms. The second kappa shape index (κ2) is 6.75. The van der Waals surface area contributed by atoms with Gasteiger partial charge in [0.25, 0.3) is 0 Å². The summed E-state index contributed by atoms with van der Waals surface area (Å²) in [7, 11) is 0. The second-order valence-corrected chi connectivity index (χ2v) is 6.53. The average molecular weight is 289 g/mol. The molecule has 0 radical (unpaired) electrons. The average Bonchev–Trinajstić information content (AvgIpc) is 2.76. The van der Waals surface area contributed by atoms with E-state index < -0.39 is 0 Å². The zero-order chi connectivity index (χ0) is 14.5. The minimum absolute atomic E-state index is 0.272. The van der Waals surface area contributed by atoms with Crippen molar-refractivity contribution in [2.45, 2.75) is 40.2 Å². The van der Waals surface area contributed by atoms with Crippen LogP contribution < -0.4 is 10.6 Å². The highest BCUT2D eigenvalue weighted by Gasteiger charge is 2.11. The van der Waals surface area contributed by atoms with Crippen LogP contribution in [0.25, 0.3) is 0 Å². The molecule has 2 aromatic heterocycles. The summed E-state index contributed by atoms with van der Waals surface area (Å²) in [4.78, 5) is 7.33. The zero-order valence-electron chi connectivity index (χ0n) is 12.7. The minimum Gasteiger partial charge on any atom is -0.370 e. The molecular formula is C16H23N3S. The summed E-state index contributed by atoms with van der Waals surface area (Å²) in [5.74, 6) is 1.85. The molecule has 0 saturated carbocycles. The van der Waals surface area contributed by atoms with E-state index in [1.807, 2.05) is 29.5 Å². The van der Waals surface area contributed by atoms with Crippen LogP contribution in [0.2, 0.25) is 0 Å². The number of hydrogen-bond donors (Lipinski definition) is 2. The molecule has 0 aromatic carbocycles. The number of nitrogens with one attached hydrogen (secondary N) is 2. The van der Waals surface area contributed by atoms with Crippen molar-refractivity contribution in [1.29, 1.82) is 0 Å². The molecule has 2 N–H and O–H groups in total. The lowest BCUT2D eigenvalue weighted by atomic mass is 10.1. The summed E-state index contributed by atoms with van der Waals surface area (Å²) in [6, 6.07) is 8.59. The van der Waals surface area contributed by atoms with Gasteiger partial charge in [0.15, 0.2) is 0 Å². The molecule has 0 saturated heterocycles. The highest BCUT2D eigenvalue weighted by Crippen LogP contribution is 2.28. The van der Waals surface area contributed by atoms with Crippen LogP contribution in [0.1, 0.15) is 41.6 Å². The van der Waals surface area contributed by atoms with E-state index in [0.717, 1.165) is 24.6 Å². The van der Waals surface area contributed by atoms with Gasteiger partial charge in [-0.25, -0.2) is 4.98 Å². The summed E-state index contributed by atoms with van der Waals surface area (Å²) in [5.41, 5.74) is 1.36. The third-order valence-corrected chi connectivity index (χ3v) is 4.20. The smallest absolute Gasteiger partial charge is 0.128 e. The van der Waals surface area contributed by atoms with Gasteiger partial charge < -0.3 is 10.6 Å². The molecule has 0 spiro atoms. The molecule has 1 unspecified atom stereocenters. The summed E-state index contributed by atoms with van der Waals surface area (Å²) in [5, 5.41) is 6.80. The number of thiophene rings is 1. The van der Waals surface area contributed by atoms with Gasteiger partial charge in [0.2, 0.25) is 0 Å². The van der Waals surface area contributed by atoms with E-state index in [1.54, 1.807) is 0 Å². The molecule has 108 valence electrons. The van der Waals surface area contributed by atoms with E-state index in [9.17, 15) is 0 Å². The van der Waals surface area contributed by atoms with Gasteiger partial charge in [-0.15, -0.1) is 11.3 Å². The van der Waals surface area contributed by atoms with Crippen LogP contribution in [0.3, 0.4) is 0 Å². The summed E-state index contributed by atoms with van der Waals surface area (Å²) in [6.07, 6.45) is 1.10. The lowest BCUT2D eigenvalue weighted by molar-refractivity contribution is 0.871. The van der Waals surface area contributed by atoms with Crippen molar-refractivity contribution in [2.75, 3.05) is 17.2 Å². The Bertz CT molecular complexity index is 563. The first-order valence-corrected chi connectivity index (χ1v) is 7.96. The van der Waals surface area contributed by atoms with Gasteiger partial charge in [-0.3, -0.25) is 0 Å². The first-order chi connectivity index (χ1) is 9.60. The molecule has 2 aromatic rings. The maximum atomic E-state index is 4.59. The topological polar surface area (TPSA) is 37.0 Å². The lowest BCUT2D eigenvalue weighted by Crippen LogP contribution is -2.09. The molecule has 0 amide bonds. The fraction of sp³-hybridized carbons (Fsp3) is 0.438. The van der Waals surface area contributed by atoms with E-state index in [4.69, 9.17) is 0 Å². The molecule has 0 aliphatic rings. The molecule has 3 nitrogen and oxygen atoms in total. The van der Waals surface area contributed by atoms with E-state index >= 15 is 0 Å². The van der Waals surface area contributed by atoms with Crippen LogP contribution in [0.4, 0.5) is 11.6 Å². The Morgan fingerprint density at radius 1 is 1.25 bits per heavy atom. The number of nitrogens with zero attached hydrogens (tertiary/aromatic N) is 1. The van der Waals surface area contributed by atoms with Crippen LogP contribution >= 0.6 is 11.3 Å². The third-order valence-electron chi connectivity index (χ3n) is 3.22. The number of anilines is 2. The Morgan fingerprint density at radius 2 is 2.00 bits per heavy atom. The number of aromatic nitrogens is 1. The lowest BCUT2D eigenvalue weighted by Gasteiger charge is -2.15. The predicted octanol–water partition coefficient (Wildman–Crippen LogP) is 4.75. The third kappa shape index (κ3) is 3.73. The van der Waals surface area contributed by atoms with Crippen molar-refractivity contribution in [3.8, 4) is 0 Å². The van der Waals surface area contributed by atoms with Gasteiger partial charge in [0.05, 0.1) is 6.04 Å². The van der Waals surface area contributed by atoms with Crippen molar-refractivity contribution >= 4 is 23.0 Å². The van der Waals surface area contributed by atoms with Crippen LogP contribution in [0.15, 0.2) is 24.3 Å². The van der Waals surface area contributed by atoms with E-state index in [1.165, 1.54) is 15.3 Å². The molecule has 4 heteroatoms.